The van der Waals surface area contributed by atoms with Crippen molar-refractivity contribution in [2.75, 3.05) is 0 Å². The summed E-state index contributed by atoms with van der Waals surface area (Å²) in [6.45, 7) is 0. The molecule has 0 fully saturated rings. The Balaban J connectivity index is 0.000000642. The van der Waals surface area contributed by atoms with Crippen molar-refractivity contribution in [2.24, 2.45) is 0 Å². The molecule has 0 heterocycles. The Labute approximate surface area is 222 Å². The van der Waals surface area contributed by atoms with Gasteiger partial charge in [0.2, 0.25) is 15.2 Å². The van der Waals surface area contributed by atoms with Gasteiger partial charge in [0.1, 0.15) is 11.5 Å². The molecule has 0 amide bonds. The fraction of sp³-hybridized carbons (Fsp3) is 0.143. The van der Waals surface area contributed by atoms with Crippen LogP contribution in [-0.2, 0) is 39.3 Å². The van der Waals surface area contributed by atoms with Gasteiger partial charge in [-0.1, -0.05) is 47.5 Å². The fourth-order valence-corrected chi connectivity index (χ4v) is 6.32. The predicted octanol–water partition coefficient (Wildman–Crippen LogP) is -1.08. The smallest absolute Gasteiger partial charge is 0.809 e. The summed E-state index contributed by atoms with van der Waals surface area (Å²) in [5.41, 5.74) is -6.29. The Bertz CT molecular complexity index is 1100. The first kappa shape index (κ1) is 34.9. The van der Waals surface area contributed by atoms with Crippen LogP contribution in [0.25, 0.3) is 0 Å². The standard InChI is InChI=1S/2C7H9ClO7P2.Mo/c2*8-5-3-1-2-4-6(5)15-17(13,14)7(9)16(10,11)12;/h2*1-4,7,9H,(H,13,14)(H2,10,11,12);/q;;+6/p-6. The van der Waals surface area contributed by atoms with E-state index in [1.54, 1.807) is 0 Å². The molecule has 4 unspecified atom stereocenters. The van der Waals surface area contributed by atoms with E-state index in [1.807, 2.05) is 0 Å². The maximum absolute atomic E-state index is 11.2. The number of rotatable bonds is 8. The molecule has 0 aliphatic heterocycles. The summed E-state index contributed by atoms with van der Waals surface area (Å²) in [6, 6.07) is 10.6. The molecule has 0 aliphatic carbocycles. The SMILES string of the molecule is O=P([O-])([O-])C(O)P(=O)([O-])Oc1ccccc1Cl.O=P([O-])([O-])C(O)P(=O)([O-])Oc1ccccc1Cl.[Mo+6]. The molecule has 14 nitrogen and oxygen atoms in total. The number of aliphatic hydroxyl groups is 2. The zero-order valence-corrected chi connectivity index (χ0v) is 23.6. The Morgan fingerprint density at radius 2 is 0.886 bits per heavy atom. The average Bonchev–Trinajstić information content (AvgIpc) is 2.69. The predicted molar refractivity (Wildman–Crippen MR) is 107 cm³/mol. The van der Waals surface area contributed by atoms with Crippen molar-refractivity contribution in [2.45, 2.75) is 11.2 Å². The minimum atomic E-state index is -5.72. The number of benzene rings is 2. The monoisotopic (exact) mass is 696 g/mol. The van der Waals surface area contributed by atoms with E-state index in [2.05, 4.69) is 9.05 Å². The van der Waals surface area contributed by atoms with Crippen LogP contribution in [-0.4, -0.2) is 21.4 Å². The van der Waals surface area contributed by atoms with Crippen molar-refractivity contribution in [1.82, 2.24) is 0 Å². The van der Waals surface area contributed by atoms with E-state index >= 15 is 0 Å². The Morgan fingerprint density at radius 1 is 0.629 bits per heavy atom. The summed E-state index contributed by atoms with van der Waals surface area (Å²) < 4.78 is 51.8. The summed E-state index contributed by atoms with van der Waals surface area (Å²) in [5, 5.41) is 17.4. The van der Waals surface area contributed by atoms with Gasteiger partial charge in [0, 0.05) is 0 Å². The van der Waals surface area contributed by atoms with Crippen LogP contribution in [0.4, 0.5) is 0 Å². The van der Waals surface area contributed by atoms with Crippen LogP contribution >= 0.6 is 53.6 Å². The second-order valence-corrected chi connectivity index (χ2v) is 14.2. The summed E-state index contributed by atoms with van der Waals surface area (Å²) in [7, 11) is -22.1. The number of hydrogen-bond donors (Lipinski definition) is 2. The maximum Gasteiger partial charge on any atom is 6.00 e. The largest absolute Gasteiger partial charge is 6.00 e. The number of hydrogen-bond acceptors (Lipinski definition) is 14. The van der Waals surface area contributed by atoms with Crippen molar-refractivity contribution >= 4 is 53.6 Å². The second-order valence-electron chi connectivity index (χ2n) is 5.90. The molecular weight excluding hydrogens is 683 g/mol. The average molecular weight is 695 g/mol. The van der Waals surface area contributed by atoms with Crippen LogP contribution < -0.4 is 38.4 Å². The van der Waals surface area contributed by atoms with Crippen LogP contribution in [0.5, 0.6) is 11.5 Å². The minimum absolute atomic E-state index is 0. The third kappa shape index (κ3) is 11.0. The summed E-state index contributed by atoms with van der Waals surface area (Å²) in [5.74, 6) is -0.750. The van der Waals surface area contributed by atoms with Gasteiger partial charge < -0.3 is 57.8 Å². The molecule has 192 valence electrons. The molecule has 2 rings (SSSR count). The van der Waals surface area contributed by atoms with E-state index in [1.165, 1.54) is 36.4 Å². The third-order valence-electron chi connectivity index (χ3n) is 3.26. The number of para-hydroxylation sites is 2. The molecule has 2 N–H and O–H groups in total. The first-order valence-electron chi connectivity index (χ1n) is 8.18. The van der Waals surface area contributed by atoms with Crippen molar-refractivity contribution in [3.05, 3.63) is 58.6 Å². The Hall–Kier alpha value is -0.0917. The van der Waals surface area contributed by atoms with Crippen molar-refractivity contribution in [3.63, 3.8) is 0 Å². The fourth-order valence-electron chi connectivity index (χ4n) is 1.75. The minimum Gasteiger partial charge on any atom is -0.809 e. The van der Waals surface area contributed by atoms with Crippen LogP contribution in [0.2, 0.25) is 10.0 Å². The van der Waals surface area contributed by atoms with Crippen molar-refractivity contribution < 1.29 is 87.9 Å². The van der Waals surface area contributed by atoms with Gasteiger partial charge in [0.15, 0.2) is 11.2 Å². The second kappa shape index (κ2) is 13.6. The van der Waals surface area contributed by atoms with Crippen molar-refractivity contribution in [1.29, 1.82) is 0 Å². The van der Waals surface area contributed by atoms with Gasteiger partial charge in [-0.25, -0.2) is 0 Å². The van der Waals surface area contributed by atoms with Gasteiger partial charge in [-0.15, -0.1) is 0 Å². The Kier molecular flexibility index (Phi) is 13.6. The van der Waals surface area contributed by atoms with Crippen LogP contribution in [0.3, 0.4) is 0 Å². The van der Waals surface area contributed by atoms with E-state index in [-0.39, 0.29) is 42.6 Å². The maximum atomic E-state index is 11.2. The number of aliphatic hydroxyl groups excluding tert-OH is 2. The third-order valence-corrected chi connectivity index (χ3v) is 10.4. The molecule has 35 heavy (non-hydrogen) atoms. The van der Waals surface area contributed by atoms with E-state index in [4.69, 9.17) is 33.4 Å². The zero-order valence-electron chi connectivity index (χ0n) is 16.5. The van der Waals surface area contributed by atoms with E-state index in [0.717, 1.165) is 12.1 Å². The van der Waals surface area contributed by atoms with Gasteiger partial charge >= 0.3 is 21.1 Å². The molecule has 0 aromatic heterocycles. The molecule has 0 aliphatic rings. The normalized spacial score (nSPS) is 16.7. The molecule has 2 aromatic carbocycles. The van der Waals surface area contributed by atoms with E-state index in [0.29, 0.717) is 0 Å². The molecule has 0 saturated carbocycles. The quantitative estimate of drug-likeness (QED) is 0.246. The van der Waals surface area contributed by atoms with Gasteiger partial charge in [-0.2, -0.15) is 0 Å². The van der Waals surface area contributed by atoms with Gasteiger partial charge in [-0.3, -0.25) is 9.13 Å². The molecular formula is C14H12Cl2MoO14P4. The van der Waals surface area contributed by atoms with Crippen molar-refractivity contribution in [3.8, 4) is 11.5 Å². The van der Waals surface area contributed by atoms with E-state index < -0.39 is 41.6 Å². The summed E-state index contributed by atoms with van der Waals surface area (Å²) in [4.78, 5) is 64.0. The van der Waals surface area contributed by atoms with Crippen LogP contribution in [0, 0.1) is 0 Å². The molecule has 21 heteroatoms. The zero-order chi connectivity index (χ0) is 26.5. The number of halogens is 2. The van der Waals surface area contributed by atoms with Crippen LogP contribution in [0.1, 0.15) is 0 Å². The van der Waals surface area contributed by atoms with Gasteiger partial charge in [-0.05, 0) is 39.5 Å². The van der Waals surface area contributed by atoms with Crippen LogP contribution in [0.15, 0.2) is 48.5 Å². The van der Waals surface area contributed by atoms with Gasteiger partial charge in [0.25, 0.3) is 0 Å². The van der Waals surface area contributed by atoms with Gasteiger partial charge in [0.05, 0.1) is 10.0 Å². The first-order chi connectivity index (χ1) is 15.3. The summed E-state index contributed by atoms with van der Waals surface area (Å²) in [6.07, 6.45) is 0. The molecule has 2 aromatic rings. The Morgan fingerprint density at radius 3 is 1.11 bits per heavy atom. The molecule has 0 bridgehead atoms. The molecule has 0 spiro atoms. The molecule has 0 saturated heterocycles. The topological polar surface area (TPSA) is 266 Å². The first-order valence-corrected chi connectivity index (χ1v) is 15.4. The van der Waals surface area contributed by atoms with E-state index in [9.17, 15) is 47.6 Å². The molecule has 4 atom stereocenters. The summed E-state index contributed by atoms with van der Waals surface area (Å²) >= 11 is 11.1. The molecule has 0 radical (unpaired) electrons.